The van der Waals surface area contributed by atoms with Crippen LogP contribution in [0, 0.1) is 5.41 Å². The Morgan fingerprint density at radius 2 is 1.31 bits per heavy atom. The third-order valence-corrected chi connectivity index (χ3v) is 2.64. The summed E-state index contributed by atoms with van der Waals surface area (Å²) in [6, 6.07) is 0. The average molecular weight is 186 g/mol. The lowest BCUT2D eigenvalue weighted by atomic mass is 9.76. The number of carboxylic acid groups (broad SMARTS) is 1. The van der Waals surface area contributed by atoms with Crippen LogP contribution in [0.1, 0.15) is 59.3 Å². The van der Waals surface area contributed by atoms with Gasteiger partial charge in [-0.1, -0.05) is 40.0 Å². The van der Waals surface area contributed by atoms with E-state index in [2.05, 4.69) is 20.8 Å². The minimum atomic E-state index is -0.599. The highest BCUT2D eigenvalue weighted by Crippen LogP contribution is 2.35. The fraction of sp³-hybridized carbons (Fsp3) is 0.909. The predicted molar refractivity (Wildman–Crippen MR) is 54.8 cm³/mol. The normalized spacial score (nSPS) is 11.6. The van der Waals surface area contributed by atoms with Gasteiger partial charge in [0, 0.05) is 0 Å². The summed E-state index contributed by atoms with van der Waals surface area (Å²) in [6.45, 7) is 6.18. The van der Waals surface area contributed by atoms with Gasteiger partial charge in [0.1, 0.15) is 0 Å². The Morgan fingerprint density at radius 1 is 1.00 bits per heavy atom. The molecule has 2 heteroatoms. The SMILES string of the molecule is CCCC(CCC)(CCC)C(=O)O. The molecule has 0 heterocycles. The van der Waals surface area contributed by atoms with E-state index in [4.69, 9.17) is 0 Å². The van der Waals surface area contributed by atoms with Crippen molar-refractivity contribution in [3.05, 3.63) is 0 Å². The van der Waals surface area contributed by atoms with Crippen molar-refractivity contribution in [1.82, 2.24) is 0 Å². The maximum Gasteiger partial charge on any atom is 0.309 e. The molecule has 0 saturated carbocycles. The first-order valence-electron chi connectivity index (χ1n) is 5.36. The third kappa shape index (κ3) is 3.37. The van der Waals surface area contributed by atoms with Crippen molar-refractivity contribution in [1.29, 1.82) is 0 Å². The first-order valence-corrected chi connectivity index (χ1v) is 5.36. The molecule has 0 aliphatic heterocycles. The summed E-state index contributed by atoms with van der Waals surface area (Å²) in [5.74, 6) is -0.599. The van der Waals surface area contributed by atoms with Gasteiger partial charge in [0.15, 0.2) is 0 Å². The molecule has 1 N–H and O–H groups in total. The fourth-order valence-electron chi connectivity index (χ4n) is 2.13. The topological polar surface area (TPSA) is 37.3 Å². The quantitative estimate of drug-likeness (QED) is 0.661. The Hall–Kier alpha value is -0.530. The molecule has 0 saturated heterocycles. The van der Waals surface area contributed by atoms with E-state index in [1.54, 1.807) is 0 Å². The number of rotatable bonds is 7. The van der Waals surface area contributed by atoms with Gasteiger partial charge >= 0.3 is 5.97 Å². The second-order valence-corrected chi connectivity index (χ2v) is 3.84. The second-order valence-electron chi connectivity index (χ2n) is 3.84. The van der Waals surface area contributed by atoms with Crippen molar-refractivity contribution in [3.63, 3.8) is 0 Å². The second kappa shape index (κ2) is 6.01. The molecule has 0 aromatic rings. The highest BCUT2D eigenvalue weighted by Gasteiger charge is 2.35. The Morgan fingerprint density at radius 3 is 1.46 bits per heavy atom. The summed E-state index contributed by atoms with van der Waals surface area (Å²) in [7, 11) is 0. The summed E-state index contributed by atoms with van der Waals surface area (Å²) in [5.41, 5.74) is -0.432. The van der Waals surface area contributed by atoms with Crippen LogP contribution in [0.25, 0.3) is 0 Å². The van der Waals surface area contributed by atoms with Crippen molar-refractivity contribution in [3.8, 4) is 0 Å². The molecule has 0 rings (SSSR count). The zero-order chi connectivity index (χ0) is 10.3. The average Bonchev–Trinajstić information content (AvgIpc) is 2.05. The van der Waals surface area contributed by atoms with E-state index in [1.807, 2.05) is 0 Å². The molecule has 2 nitrogen and oxygen atoms in total. The van der Waals surface area contributed by atoms with Crippen LogP contribution in [0.15, 0.2) is 0 Å². The number of carboxylic acids is 1. The van der Waals surface area contributed by atoms with Crippen LogP contribution in [0.2, 0.25) is 0 Å². The van der Waals surface area contributed by atoms with Gasteiger partial charge in [0.05, 0.1) is 5.41 Å². The molecule has 0 aromatic heterocycles. The highest BCUT2D eigenvalue weighted by molar-refractivity contribution is 5.74. The Balaban J connectivity index is 4.48. The molecule has 0 radical (unpaired) electrons. The molecule has 0 aromatic carbocycles. The van der Waals surface area contributed by atoms with Gasteiger partial charge in [-0.2, -0.15) is 0 Å². The molecule has 0 amide bonds. The molecule has 0 unspecified atom stereocenters. The van der Waals surface area contributed by atoms with Crippen LogP contribution in [0.4, 0.5) is 0 Å². The number of hydrogen-bond acceptors (Lipinski definition) is 1. The van der Waals surface area contributed by atoms with Crippen LogP contribution in [0.3, 0.4) is 0 Å². The molecule has 0 aliphatic rings. The summed E-state index contributed by atoms with van der Waals surface area (Å²) >= 11 is 0. The van der Waals surface area contributed by atoms with E-state index in [1.165, 1.54) is 0 Å². The minimum Gasteiger partial charge on any atom is -0.481 e. The van der Waals surface area contributed by atoms with Crippen LogP contribution in [-0.4, -0.2) is 11.1 Å². The molecule has 0 aliphatic carbocycles. The Labute approximate surface area is 81.3 Å². The lowest BCUT2D eigenvalue weighted by Crippen LogP contribution is -2.30. The maximum atomic E-state index is 11.2. The first kappa shape index (κ1) is 12.5. The zero-order valence-electron chi connectivity index (χ0n) is 9.10. The molecule has 78 valence electrons. The van der Waals surface area contributed by atoms with Crippen molar-refractivity contribution in [2.45, 2.75) is 59.3 Å². The molecule has 13 heavy (non-hydrogen) atoms. The largest absolute Gasteiger partial charge is 0.481 e. The van der Waals surface area contributed by atoms with E-state index in [0.29, 0.717) is 0 Å². The van der Waals surface area contributed by atoms with E-state index >= 15 is 0 Å². The standard InChI is InChI=1S/C11H22O2/c1-4-7-11(8-5-2,9-6-3)10(12)13/h4-9H2,1-3H3,(H,12,13). The first-order chi connectivity index (χ1) is 6.13. The number of aliphatic carboxylic acids is 1. The lowest BCUT2D eigenvalue weighted by molar-refractivity contribution is -0.150. The van der Waals surface area contributed by atoms with Crippen molar-refractivity contribution >= 4 is 5.97 Å². The van der Waals surface area contributed by atoms with Crippen molar-refractivity contribution in [2.24, 2.45) is 5.41 Å². The summed E-state index contributed by atoms with van der Waals surface area (Å²) in [4.78, 5) is 11.2. The van der Waals surface area contributed by atoms with E-state index < -0.39 is 11.4 Å². The van der Waals surface area contributed by atoms with Gasteiger partial charge in [-0.25, -0.2) is 0 Å². The Bertz CT molecular complexity index is 135. The molecular formula is C11H22O2. The predicted octanol–water partition coefficient (Wildman–Crippen LogP) is 3.46. The minimum absolute atomic E-state index is 0.432. The van der Waals surface area contributed by atoms with Crippen molar-refractivity contribution < 1.29 is 9.90 Å². The van der Waals surface area contributed by atoms with Crippen LogP contribution >= 0.6 is 0 Å². The maximum absolute atomic E-state index is 11.2. The van der Waals surface area contributed by atoms with Gasteiger partial charge in [-0.15, -0.1) is 0 Å². The fourth-order valence-corrected chi connectivity index (χ4v) is 2.13. The number of carbonyl (C=O) groups is 1. The van der Waals surface area contributed by atoms with Gasteiger partial charge in [0.2, 0.25) is 0 Å². The molecular weight excluding hydrogens is 164 g/mol. The van der Waals surface area contributed by atoms with Crippen LogP contribution in [-0.2, 0) is 4.79 Å². The summed E-state index contributed by atoms with van der Waals surface area (Å²) in [5, 5.41) is 9.22. The molecule has 0 fully saturated rings. The molecule has 0 spiro atoms. The smallest absolute Gasteiger partial charge is 0.309 e. The van der Waals surface area contributed by atoms with Gasteiger partial charge in [-0.3, -0.25) is 4.79 Å². The van der Waals surface area contributed by atoms with E-state index in [0.717, 1.165) is 38.5 Å². The van der Waals surface area contributed by atoms with Crippen LogP contribution in [0.5, 0.6) is 0 Å². The Kier molecular flexibility index (Phi) is 5.76. The van der Waals surface area contributed by atoms with E-state index in [9.17, 15) is 9.90 Å². The van der Waals surface area contributed by atoms with Gasteiger partial charge < -0.3 is 5.11 Å². The third-order valence-electron chi connectivity index (χ3n) is 2.64. The molecule has 0 bridgehead atoms. The van der Waals surface area contributed by atoms with Gasteiger partial charge in [-0.05, 0) is 19.3 Å². The lowest BCUT2D eigenvalue weighted by Gasteiger charge is -2.28. The van der Waals surface area contributed by atoms with Crippen molar-refractivity contribution in [2.75, 3.05) is 0 Å². The van der Waals surface area contributed by atoms with E-state index in [-0.39, 0.29) is 0 Å². The van der Waals surface area contributed by atoms with Gasteiger partial charge in [0.25, 0.3) is 0 Å². The summed E-state index contributed by atoms with van der Waals surface area (Å²) < 4.78 is 0. The monoisotopic (exact) mass is 186 g/mol. The zero-order valence-corrected chi connectivity index (χ0v) is 9.10. The van der Waals surface area contributed by atoms with Crippen LogP contribution < -0.4 is 0 Å². The number of hydrogen-bond donors (Lipinski definition) is 1. The molecule has 0 atom stereocenters. The summed E-state index contributed by atoms with van der Waals surface area (Å²) in [6.07, 6.45) is 5.36. The highest BCUT2D eigenvalue weighted by atomic mass is 16.4.